The van der Waals surface area contributed by atoms with Crippen LogP contribution in [-0.2, 0) is 33.2 Å². The smallest absolute Gasteiger partial charge is 0.311 e. The van der Waals surface area contributed by atoms with Crippen LogP contribution in [0.2, 0.25) is 0 Å². The second-order valence-corrected chi connectivity index (χ2v) is 13.4. The first kappa shape index (κ1) is 34.4. The molecule has 2 bridgehead atoms. The Labute approximate surface area is 259 Å². The molecule has 14 unspecified atom stereocenters. The van der Waals surface area contributed by atoms with E-state index >= 15 is 0 Å². The van der Waals surface area contributed by atoms with E-state index < -0.39 is 66.7 Å². The summed E-state index contributed by atoms with van der Waals surface area (Å²) in [5.74, 6) is 3.18. The van der Waals surface area contributed by atoms with Crippen molar-refractivity contribution < 1.29 is 48.5 Å². The Balaban J connectivity index is 1.61. The molecule has 1 saturated carbocycles. The molecule has 3 N–H and O–H groups in total. The Hall–Kier alpha value is -1.52. The van der Waals surface area contributed by atoms with E-state index in [1.807, 2.05) is 26.8 Å². The molecule has 10 nitrogen and oxygen atoms in total. The van der Waals surface area contributed by atoms with E-state index in [2.05, 4.69) is 11.8 Å². The van der Waals surface area contributed by atoms with E-state index in [1.165, 1.54) is 14.0 Å². The standard InChI is InChI=1S/C32H47ClO10/c1-17-12-22(11-9-8-10-21-14-23(21)33)41-26(34)16-32(37)15-25(19(3)27(43-32)18(2)24(13-17)38-6)42-30-29(39-7)31(5,36)28(35)20(4)40-30/h9,11,13,18-25,27-30,35-37H,12,14-16H2,1-7H3. The summed E-state index contributed by atoms with van der Waals surface area (Å²) in [6.45, 7) is 8.97. The van der Waals surface area contributed by atoms with Crippen molar-refractivity contribution in [2.75, 3.05) is 14.2 Å². The van der Waals surface area contributed by atoms with Crippen LogP contribution in [0.25, 0.3) is 0 Å². The first-order chi connectivity index (χ1) is 20.2. The van der Waals surface area contributed by atoms with Crippen molar-refractivity contribution in [2.45, 2.75) is 126 Å². The van der Waals surface area contributed by atoms with Crippen LogP contribution in [0.15, 0.2) is 23.8 Å². The Morgan fingerprint density at radius 2 is 1.86 bits per heavy atom. The largest absolute Gasteiger partial charge is 0.458 e. The summed E-state index contributed by atoms with van der Waals surface area (Å²) in [5, 5.41) is 33.4. The quantitative estimate of drug-likeness (QED) is 0.181. The van der Waals surface area contributed by atoms with Crippen LogP contribution in [0, 0.1) is 29.6 Å². The molecule has 0 radical (unpaired) electrons. The summed E-state index contributed by atoms with van der Waals surface area (Å²) in [5.41, 5.74) is -0.701. The first-order valence-corrected chi connectivity index (χ1v) is 15.5. The number of cyclic esters (lactones) is 1. The molecule has 0 amide bonds. The number of allylic oxidation sites excluding steroid dienone is 1. The molecular formula is C32H47ClO10. The topological polar surface area (TPSA) is 133 Å². The number of rotatable bonds is 5. The lowest BCUT2D eigenvalue weighted by molar-refractivity contribution is -0.362. The fourth-order valence-corrected chi connectivity index (χ4v) is 6.65. The van der Waals surface area contributed by atoms with Crippen LogP contribution < -0.4 is 0 Å². The van der Waals surface area contributed by atoms with Crippen molar-refractivity contribution >= 4 is 17.6 Å². The molecule has 43 heavy (non-hydrogen) atoms. The second kappa shape index (κ2) is 13.9. The summed E-state index contributed by atoms with van der Waals surface area (Å²) in [6.07, 6.45) is -0.0668. The molecule has 3 heterocycles. The monoisotopic (exact) mass is 626 g/mol. The van der Waals surface area contributed by atoms with Crippen molar-refractivity contribution in [2.24, 2.45) is 17.8 Å². The summed E-state index contributed by atoms with van der Waals surface area (Å²) in [7, 11) is 3.02. The lowest BCUT2D eigenvalue weighted by atomic mass is 9.79. The van der Waals surface area contributed by atoms with Gasteiger partial charge in [-0.15, -0.1) is 11.6 Å². The van der Waals surface area contributed by atoms with Gasteiger partial charge in [0.1, 0.15) is 23.9 Å². The SMILES string of the molecule is COC1C=C(C)CC(C=CC#CC2CC2Cl)OC(=O)CC2(O)CC(OC3OC(C)C(O)C(C)(O)C3OC)C(C)C(O2)C1C. The van der Waals surface area contributed by atoms with E-state index in [0.29, 0.717) is 6.42 Å². The van der Waals surface area contributed by atoms with Crippen LogP contribution in [-0.4, -0.2) is 101 Å². The van der Waals surface area contributed by atoms with Gasteiger partial charge in [-0.2, -0.15) is 0 Å². The molecule has 4 aliphatic rings. The molecule has 3 aliphatic heterocycles. The van der Waals surface area contributed by atoms with Crippen LogP contribution in [0.3, 0.4) is 0 Å². The second-order valence-electron chi connectivity index (χ2n) is 12.8. The Bertz CT molecular complexity index is 1110. The molecule has 2 saturated heterocycles. The highest BCUT2D eigenvalue weighted by Gasteiger charge is 2.55. The molecule has 3 fully saturated rings. The van der Waals surface area contributed by atoms with Gasteiger partial charge in [-0.25, -0.2) is 0 Å². The summed E-state index contributed by atoms with van der Waals surface area (Å²) >= 11 is 6.03. The molecule has 0 spiro atoms. The third-order valence-corrected chi connectivity index (χ3v) is 9.60. The predicted molar refractivity (Wildman–Crippen MR) is 158 cm³/mol. The Morgan fingerprint density at radius 3 is 2.49 bits per heavy atom. The highest BCUT2D eigenvalue weighted by molar-refractivity contribution is 6.22. The van der Waals surface area contributed by atoms with Crippen molar-refractivity contribution in [3.05, 3.63) is 23.8 Å². The normalized spacial score (nSPS) is 47.4. The minimum Gasteiger partial charge on any atom is -0.458 e. The Kier molecular flexibility index (Phi) is 11.1. The van der Waals surface area contributed by atoms with Gasteiger partial charge in [0.2, 0.25) is 0 Å². The molecule has 242 valence electrons. The van der Waals surface area contributed by atoms with E-state index in [9.17, 15) is 20.1 Å². The zero-order valence-electron chi connectivity index (χ0n) is 26.1. The fourth-order valence-electron chi connectivity index (χ4n) is 6.39. The van der Waals surface area contributed by atoms with Crippen LogP contribution in [0.4, 0.5) is 0 Å². The molecule has 0 aromatic rings. The number of alkyl halides is 1. The number of halogens is 1. The molecule has 0 aromatic carbocycles. The number of hydrogen-bond acceptors (Lipinski definition) is 10. The number of hydrogen-bond donors (Lipinski definition) is 3. The van der Waals surface area contributed by atoms with Gasteiger partial charge in [0, 0.05) is 50.2 Å². The van der Waals surface area contributed by atoms with Gasteiger partial charge >= 0.3 is 5.97 Å². The maximum atomic E-state index is 13.2. The average Bonchev–Trinajstić information content (AvgIpc) is 3.63. The lowest BCUT2D eigenvalue weighted by Crippen LogP contribution is -2.66. The van der Waals surface area contributed by atoms with Gasteiger partial charge in [-0.05, 0) is 39.3 Å². The zero-order chi connectivity index (χ0) is 31.7. The fraction of sp³-hybridized carbons (Fsp3) is 0.781. The number of esters is 1. The number of carbonyl (C=O) groups is 1. The molecule has 0 aromatic heterocycles. The van der Waals surface area contributed by atoms with E-state index in [-0.39, 0.29) is 35.7 Å². The van der Waals surface area contributed by atoms with Gasteiger partial charge in [0.25, 0.3) is 0 Å². The molecule has 11 heteroatoms. The molecule has 1 aliphatic carbocycles. The summed E-state index contributed by atoms with van der Waals surface area (Å²) in [6, 6.07) is 0. The lowest BCUT2D eigenvalue weighted by Gasteiger charge is -2.51. The Morgan fingerprint density at radius 1 is 1.16 bits per heavy atom. The van der Waals surface area contributed by atoms with Gasteiger partial charge in [-0.1, -0.05) is 37.3 Å². The third kappa shape index (κ3) is 8.01. The highest BCUT2D eigenvalue weighted by atomic mass is 35.5. The summed E-state index contributed by atoms with van der Waals surface area (Å²) in [4.78, 5) is 13.2. The number of carbonyl (C=O) groups excluding carboxylic acids is 1. The molecular weight excluding hydrogens is 580 g/mol. The maximum absolute atomic E-state index is 13.2. The number of ether oxygens (including phenoxy) is 6. The van der Waals surface area contributed by atoms with Crippen LogP contribution in [0.5, 0.6) is 0 Å². The van der Waals surface area contributed by atoms with Crippen LogP contribution >= 0.6 is 11.6 Å². The first-order valence-electron chi connectivity index (χ1n) is 15.0. The maximum Gasteiger partial charge on any atom is 0.311 e. The average molecular weight is 627 g/mol. The van der Waals surface area contributed by atoms with E-state index in [0.717, 1.165) is 12.0 Å². The third-order valence-electron chi connectivity index (χ3n) is 9.12. The minimum absolute atomic E-state index is 0.0681. The molecule has 4 rings (SSSR count). The molecule has 14 atom stereocenters. The van der Waals surface area contributed by atoms with Crippen molar-refractivity contribution in [1.82, 2.24) is 0 Å². The van der Waals surface area contributed by atoms with E-state index in [4.69, 9.17) is 40.0 Å². The van der Waals surface area contributed by atoms with Crippen LogP contribution in [0.1, 0.15) is 60.3 Å². The van der Waals surface area contributed by atoms with Crippen molar-refractivity contribution in [3.63, 3.8) is 0 Å². The number of methoxy groups -OCH3 is 2. The highest BCUT2D eigenvalue weighted by Crippen LogP contribution is 2.42. The van der Waals surface area contributed by atoms with E-state index in [1.54, 1.807) is 26.2 Å². The number of aliphatic hydroxyl groups is 3. The van der Waals surface area contributed by atoms with Gasteiger partial charge in [0.05, 0.1) is 30.8 Å². The zero-order valence-corrected chi connectivity index (χ0v) is 26.8. The predicted octanol–water partition coefficient (Wildman–Crippen LogP) is 2.85. The van der Waals surface area contributed by atoms with Gasteiger partial charge < -0.3 is 43.7 Å². The number of aliphatic hydroxyl groups excluding tert-OH is 1. The van der Waals surface area contributed by atoms with Crippen molar-refractivity contribution in [1.29, 1.82) is 0 Å². The number of fused-ring (bicyclic) bond motifs is 2. The summed E-state index contributed by atoms with van der Waals surface area (Å²) < 4.78 is 35.8. The van der Waals surface area contributed by atoms with Crippen molar-refractivity contribution in [3.8, 4) is 11.8 Å². The minimum atomic E-state index is -1.91. The van der Waals surface area contributed by atoms with Gasteiger partial charge in [0.15, 0.2) is 12.1 Å². The van der Waals surface area contributed by atoms with Gasteiger partial charge in [-0.3, -0.25) is 4.79 Å².